The van der Waals surface area contributed by atoms with Gasteiger partial charge in [0.15, 0.2) is 0 Å². The van der Waals surface area contributed by atoms with E-state index in [1.54, 1.807) is 0 Å². The van der Waals surface area contributed by atoms with Crippen LogP contribution in [0.5, 0.6) is 0 Å². The zero-order valence-corrected chi connectivity index (χ0v) is 22.9. The Balaban J connectivity index is -0.0000000364. The minimum absolute atomic E-state index is 0. The van der Waals surface area contributed by atoms with E-state index in [1.165, 1.54) is 0 Å². The van der Waals surface area contributed by atoms with Gasteiger partial charge in [-0.2, -0.15) is 0 Å². The zero-order chi connectivity index (χ0) is 22.5. The van der Waals surface area contributed by atoms with Crippen LogP contribution in [0, 0.1) is 39.9 Å². The van der Waals surface area contributed by atoms with Gasteiger partial charge in [-0.15, -0.1) is 0 Å². The second kappa shape index (κ2) is 20.8. The van der Waals surface area contributed by atoms with Gasteiger partial charge >= 0.3 is 69.5 Å². The van der Waals surface area contributed by atoms with Crippen molar-refractivity contribution in [2.24, 2.45) is 0 Å². The summed E-state index contributed by atoms with van der Waals surface area (Å²) < 4.78 is 43.9. The second-order valence-electron chi connectivity index (χ2n) is 2.45. The summed E-state index contributed by atoms with van der Waals surface area (Å²) >= 11 is 0. The molecule has 0 amide bonds. The van der Waals surface area contributed by atoms with Crippen molar-refractivity contribution in [3.8, 4) is 0 Å². The van der Waals surface area contributed by atoms with Crippen molar-refractivity contribution in [1.29, 1.82) is 0 Å². The Hall–Kier alpha value is 2.87. The SMILES string of the molecule is O=P([O-])(O)O.O=P([O-])(O)O.O=P([O-])(O)O.O=P([O-])(O)O.O=P([O-])(O)O.[Na+].[Th+4]. The van der Waals surface area contributed by atoms with Crippen molar-refractivity contribution < 1.29 is 166 Å². The van der Waals surface area contributed by atoms with Crippen LogP contribution in [0.2, 0.25) is 0 Å². The third-order valence-electron chi connectivity index (χ3n) is 0. The van der Waals surface area contributed by atoms with E-state index < -0.39 is 39.1 Å². The fraction of sp³-hybridized carbons (Fsp3) is 0. The molecule has 0 spiro atoms. The Morgan fingerprint density at radius 2 is 0.370 bits per heavy atom. The predicted molar refractivity (Wildman–Crippen MR) is 60.2 cm³/mol. The van der Waals surface area contributed by atoms with E-state index in [2.05, 4.69) is 0 Å². The number of hydrogen-bond acceptors (Lipinski definition) is 10. The average molecular weight is 740 g/mol. The molecule has 0 radical (unpaired) electrons. The first-order chi connectivity index (χ1) is 10.0. The smallest absolute Gasteiger partial charge is 0.756 e. The van der Waals surface area contributed by atoms with Crippen molar-refractivity contribution in [3.63, 3.8) is 0 Å². The summed E-state index contributed by atoms with van der Waals surface area (Å²) in [5.74, 6) is 0. The van der Waals surface area contributed by atoms with Crippen LogP contribution >= 0.6 is 39.1 Å². The molecule has 160 valence electrons. The van der Waals surface area contributed by atoms with Gasteiger partial charge in [0.25, 0.3) is 39.1 Å². The predicted octanol–water partition coefficient (Wildman–Crippen LogP) is -10.8. The molecule has 0 aromatic rings. The Morgan fingerprint density at radius 1 is 0.370 bits per heavy atom. The molecule has 0 aromatic heterocycles. The molecule has 20 nitrogen and oxygen atoms in total. The summed E-state index contributed by atoms with van der Waals surface area (Å²) in [5.41, 5.74) is 0. The first kappa shape index (κ1) is 47.6. The Labute approximate surface area is 203 Å². The van der Waals surface area contributed by atoms with Crippen molar-refractivity contribution in [2.45, 2.75) is 0 Å². The molecule has 0 atom stereocenters. The van der Waals surface area contributed by atoms with Crippen molar-refractivity contribution in [3.05, 3.63) is 0 Å². The maximum absolute atomic E-state index is 8.77. The fourth-order valence-corrected chi connectivity index (χ4v) is 0. The molecule has 0 heterocycles. The molecule has 0 aliphatic heterocycles. The number of rotatable bonds is 0. The summed E-state index contributed by atoms with van der Waals surface area (Å²) in [6, 6.07) is 0. The van der Waals surface area contributed by atoms with Crippen LogP contribution in [0.3, 0.4) is 0 Å². The minimum atomic E-state index is -4.89. The molecule has 0 bridgehead atoms. The van der Waals surface area contributed by atoms with E-state index >= 15 is 0 Å². The normalized spacial score (nSPS) is 10.9. The maximum atomic E-state index is 8.77. The molecule has 27 heteroatoms. The molecule has 0 saturated carbocycles. The van der Waals surface area contributed by atoms with E-state index in [4.69, 9.17) is 96.2 Å². The Kier molecular flexibility index (Phi) is 36.6. The van der Waals surface area contributed by atoms with E-state index in [1.807, 2.05) is 0 Å². The van der Waals surface area contributed by atoms with Gasteiger partial charge in [0.1, 0.15) is 0 Å². The van der Waals surface area contributed by atoms with E-state index in [9.17, 15) is 0 Å². The monoisotopic (exact) mass is 740 g/mol. The topological polar surface area (TPSA) is 403 Å². The fourth-order valence-electron chi connectivity index (χ4n) is 0. The molecule has 0 unspecified atom stereocenters. The van der Waals surface area contributed by atoms with Crippen molar-refractivity contribution in [2.75, 3.05) is 0 Å². The minimum Gasteiger partial charge on any atom is -0.756 e. The van der Waals surface area contributed by atoms with Gasteiger partial charge in [-0.05, 0) is 0 Å². The van der Waals surface area contributed by atoms with Crippen LogP contribution in [0.15, 0.2) is 0 Å². The number of phosphoric acid groups is 5. The summed E-state index contributed by atoms with van der Waals surface area (Å²) in [6.45, 7) is 0. The van der Waals surface area contributed by atoms with Crippen LogP contribution in [0.25, 0.3) is 0 Å². The molecule has 10 N–H and O–H groups in total. The van der Waals surface area contributed by atoms with Gasteiger partial charge < -0.3 is 73.4 Å². The van der Waals surface area contributed by atoms with Gasteiger partial charge in [-0.25, -0.2) is 0 Å². The van der Waals surface area contributed by atoms with Crippen LogP contribution in [-0.4, -0.2) is 48.9 Å². The molecular weight excluding hydrogens is 730 g/mol. The van der Waals surface area contributed by atoms with Crippen LogP contribution in [0.4, 0.5) is 0 Å². The van der Waals surface area contributed by atoms with Crippen LogP contribution in [-0.2, 0) is 22.8 Å². The molecule has 0 fully saturated rings. The van der Waals surface area contributed by atoms with Gasteiger partial charge in [0.05, 0.1) is 0 Å². The quantitative estimate of drug-likeness (QED) is 0.0814. The first-order valence-corrected chi connectivity index (χ1v) is 11.5. The molecule has 0 aliphatic rings. The van der Waals surface area contributed by atoms with Gasteiger partial charge in [-0.1, -0.05) is 0 Å². The molecular formula is H10NaO20P5Th. The maximum Gasteiger partial charge on any atom is 4.00 e. The Morgan fingerprint density at radius 3 is 0.370 bits per heavy atom. The molecule has 27 heavy (non-hydrogen) atoms. The Bertz CT molecular complexity index is 377. The van der Waals surface area contributed by atoms with E-state index in [-0.39, 0.29) is 69.5 Å². The molecule has 0 rings (SSSR count). The average Bonchev–Trinajstić information content (AvgIpc) is 1.79. The van der Waals surface area contributed by atoms with Crippen molar-refractivity contribution >= 4 is 39.1 Å². The first-order valence-electron chi connectivity index (χ1n) is 3.83. The number of hydrogen-bond donors (Lipinski definition) is 10. The van der Waals surface area contributed by atoms with E-state index in [0.29, 0.717) is 0 Å². The molecule has 0 aromatic carbocycles. The summed E-state index contributed by atoms with van der Waals surface area (Å²) in [5, 5.41) is 0. The van der Waals surface area contributed by atoms with Gasteiger partial charge in [0, 0.05) is 0 Å². The molecule has 0 saturated heterocycles. The largest absolute Gasteiger partial charge is 4.00 e. The second-order valence-corrected chi connectivity index (χ2v) is 7.36. The third kappa shape index (κ3) is 2520. The van der Waals surface area contributed by atoms with Crippen LogP contribution in [0.1, 0.15) is 0 Å². The summed E-state index contributed by atoms with van der Waals surface area (Å²) in [4.78, 5) is 115. The zero-order valence-electron chi connectivity index (χ0n) is 12.3. The van der Waals surface area contributed by atoms with Gasteiger partial charge in [0.2, 0.25) is 0 Å². The standard InChI is InChI=1S/Na.5H3O4P.Th/c;5*1-5(2,3)4;/h;5*(H3,1,2,3,4);/q+1;;;;;;+4/p-5. The van der Waals surface area contributed by atoms with E-state index in [0.717, 1.165) is 0 Å². The van der Waals surface area contributed by atoms with Crippen LogP contribution < -0.4 is 54.0 Å². The third-order valence-corrected chi connectivity index (χ3v) is 0. The van der Waals surface area contributed by atoms with Crippen molar-refractivity contribution in [1.82, 2.24) is 0 Å². The molecule has 0 aliphatic carbocycles. The summed E-state index contributed by atoms with van der Waals surface area (Å²) in [7, 11) is -24.4. The van der Waals surface area contributed by atoms with Gasteiger partial charge in [-0.3, -0.25) is 22.8 Å². The summed E-state index contributed by atoms with van der Waals surface area (Å²) in [6.07, 6.45) is 0.